The second-order valence-corrected chi connectivity index (χ2v) is 10.6. The molecule has 2 atom stereocenters. The molecule has 0 bridgehead atoms. The second-order valence-electron chi connectivity index (χ2n) is 10.6. The van der Waals surface area contributed by atoms with E-state index in [0.717, 1.165) is 31.5 Å². The first-order valence-electron chi connectivity index (χ1n) is 14.2. The summed E-state index contributed by atoms with van der Waals surface area (Å²) < 4.78 is 5.26. The van der Waals surface area contributed by atoms with Crippen LogP contribution in [0, 0.1) is 5.92 Å². The van der Waals surface area contributed by atoms with Crippen LogP contribution in [0.5, 0.6) is 0 Å². The number of carbonyl (C=O) groups is 4. The van der Waals surface area contributed by atoms with E-state index >= 15 is 0 Å². The van der Waals surface area contributed by atoms with Crippen LogP contribution in [0.15, 0.2) is 54.6 Å². The largest absolute Gasteiger partial charge is 0.445 e. The van der Waals surface area contributed by atoms with Crippen molar-refractivity contribution in [3.8, 4) is 0 Å². The lowest BCUT2D eigenvalue weighted by atomic mass is 10.0. The molecule has 216 valence electrons. The Morgan fingerprint density at radius 3 is 2.40 bits per heavy atom. The van der Waals surface area contributed by atoms with Crippen LogP contribution < -0.4 is 20.9 Å². The van der Waals surface area contributed by atoms with Gasteiger partial charge in [-0.3, -0.25) is 14.4 Å². The summed E-state index contributed by atoms with van der Waals surface area (Å²) in [6.45, 7) is 7.76. The zero-order valence-electron chi connectivity index (χ0n) is 23.8. The fourth-order valence-electron chi connectivity index (χ4n) is 4.80. The smallest absolute Gasteiger partial charge is 0.408 e. The molecular formula is C31H42N4O5. The molecule has 2 aromatic rings. The molecule has 1 aliphatic heterocycles. The van der Waals surface area contributed by atoms with E-state index in [-0.39, 0.29) is 18.9 Å². The van der Waals surface area contributed by atoms with Crippen LogP contribution in [0.2, 0.25) is 0 Å². The van der Waals surface area contributed by atoms with Gasteiger partial charge in [0.05, 0.1) is 6.04 Å². The number of rotatable bonds is 14. The number of hydrogen-bond acceptors (Lipinski definition) is 6. The summed E-state index contributed by atoms with van der Waals surface area (Å²) in [6.07, 6.45) is 2.74. The molecule has 0 fully saturated rings. The summed E-state index contributed by atoms with van der Waals surface area (Å²) in [6, 6.07) is 15.7. The minimum atomic E-state index is -0.988. The fraction of sp³-hybridized carbons (Fsp3) is 0.484. The number of para-hydroxylation sites is 1. The summed E-state index contributed by atoms with van der Waals surface area (Å²) in [7, 11) is 0. The zero-order valence-corrected chi connectivity index (χ0v) is 23.8. The highest BCUT2D eigenvalue weighted by atomic mass is 16.5. The molecule has 2 aromatic carbocycles. The number of hydrogen-bond donors (Lipinski definition) is 3. The number of anilines is 1. The quantitative estimate of drug-likeness (QED) is 0.244. The summed E-state index contributed by atoms with van der Waals surface area (Å²) >= 11 is 0. The molecule has 0 saturated heterocycles. The van der Waals surface area contributed by atoms with E-state index < -0.39 is 35.8 Å². The van der Waals surface area contributed by atoms with Gasteiger partial charge in [0.15, 0.2) is 0 Å². The number of nitrogens with one attached hydrogen (secondary N) is 3. The topological polar surface area (TPSA) is 117 Å². The van der Waals surface area contributed by atoms with Crippen LogP contribution in [-0.4, -0.2) is 55.4 Å². The van der Waals surface area contributed by atoms with Crippen LogP contribution in [0.3, 0.4) is 0 Å². The fourth-order valence-corrected chi connectivity index (χ4v) is 4.80. The summed E-state index contributed by atoms with van der Waals surface area (Å²) in [5, 5.41) is 7.97. The maximum Gasteiger partial charge on any atom is 0.408 e. The Morgan fingerprint density at radius 1 is 0.950 bits per heavy atom. The predicted molar refractivity (Wildman–Crippen MR) is 155 cm³/mol. The molecule has 40 heavy (non-hydrogen) atoms. The molecule has 0 aromatic heterocycles. The lowest BCUT2D eigenvalue weighted by Gasteiger charge is -2.31. The van der Waals surface area contributed by atoms with Crippen molar-refractivity contribution in [2.24, 2.45) is 5.92 Å². The van der Waals surface area contributed by atoms with Crippen LogP contribution in [0.1, 0.15) is 57.6 Å². The predicted octanol–water partition coefficient (Wildman–Crippen LogP) is 3.75. The minimum absolute atomic E-state index is 0.0726. The Labute approximate surface area is 237 Å². The average molecular weight is 551 g/mol. The van der Waals surface area contributed by atoms with E-state index in [1.807, 2.05) is 50.2 Å². The van der Waals surface area contributed by atoms with E-state index in [9.17, 15) is 19.2 Å². The lowest BCUT2D eigenvalue weighted by Crippen LogP contribution is -2.54. The third-order valence-corrected chi connectivity index (χ3v) is 6.89. The molecule has 0 saturated carbocycles. The summed E-state index contributed by atoms with van der Waals surface area (Å²) in [5.41, 5.74) is 3.40. The molecule has 0 aliphatic carbocycles. The van der Waals surface area contributed by atoms with E-state index in [4.69, 9.17) is 4.74 Å². The van der Waals surface area contributed by atoms with E-state index in [0.29, 0.717) is 19.4 Å². The number of alkyl carbamates (subject to hydrolysis) is 1. The van der Waals surface area contributed by atoms with Gasteiger partial charge < -0.3 is 25.6 Å². The molecule has 0 radical (unpaired) electrons. The third kappa shape index (κ3) is 9.39. The van der Waals surface area contributed by atoms with Gasteiger partial charge in [-0.2, -0.15) is 0 Å². The van der Waals surface area contributed by atoms with Gasteiger partial charge in [-0.25, -0.2) is 4.79 Å². The normalized spacial score (nSPS) is 14.1. The molecule has 1 heterocycles. The Hall–Kier alpha value is -3.88. The van der Waals surface area contributed by atoms with Gasteiger partial charge in [0.25, 0.3) is 5.91 Å². The number of Topliss-reactive ketones (excluding diaryl/α,β-unsaturated/α-hetero) is 1. The van der Waals surface area contributed by atoms with E-state index in [1.165, 1.54) is 11.3 Å². The van der Waals surface area contributed by atoms with Crippen LogP contribution in [-0.2, 0) is 32.1 Å². The number of ether oxygens (including phenoxy) is 1. The molecule has 0 spiro atoms. The second kappa shape index (κ2) is 15.6. The number of ketones is 1. The molecule has 1 aliphatic rings. The zero-order chi connectivity index (χ0) is 28.9. The van der Waals surface area contributed by atoms with Gasteiger partial charge in [0.2, 0.25) is 11.7 Å². The number of carbonyl (C=O) groups excluding carboxylic acids is 4. The first-order chi connectivity index (χ1) is 19.3. The van der Waals surface area contributed by atoms with Crippen molar-refractivity contribution >= 4 is 29.4 Å². The minimum Gasteiger partial charge on any atom is -0.445 e. The molecular weight excluding hydrogens is 508 g/mol. The van der Waals surface area contributed by atoms with Crippen molar-refractivity contribution in [2.75, 3.05) is 24.5 Å². The number of amides is 3. The monoisotopic (exact) mass is 550 g/mol. The van der Waals surface area contributed by atoms with Gasteiger partial charge in [-0.15, -0.1) is 0 Å². The van der Waals surface area contributed by atoms with E-state index in [2.05, 4.69) is 39.0 Å². The highest BCUT2D eigenvalue weighted by Gasteiger charge is 2.29. The summed E-state index contributed by atoms with van der Waals surface area (Å²) in [5.74, 6) is -1.85. The highest BCUT2D eigenvalue weighted by Crippen LogP contribution is 2.26. The molecule has 3 rings (SSSR count). The Morgan fingerprint density at radius 2 is 1.68 bits per heavy atom. The van der Waals surface area contributed by atoms with Gasteiger partial charge >= 0.3 is 6.09 Å². The van der Waals surface area contributed by atoms with Crippen molar-refractivity contribution in [3.63, 3.8) is 0 Å². The molecule has 9 heteroatoms. The van der Waals surface area contributed by atoms with Gasteiger partial charge in [-0.05, 0) is 55.2 Å². The van der Waals surface area contributed by atoms with Crippen LogP contribution in [0.25, 0.3) is 0 Å². The van der Waals surface area contributed by atoms with Crippen molar-refractivity contribution in [1.82, 2.24) is 16.0 Å². The molecule has 3 amide bonds. The number of benzene rings is 2. The third-order valence-electron chi connectivity index (χ3n) is 6.89. The van der Waals surface area contributed by atoms with Gasteiger partial charge in [0.1, 0.15) is 12.6 Å². The number of fused-ring (bicyclic) bond motifs is 1. The number of aryl methyl sites for hydroxylation is 1. The molecule has 9 nitrogen and oxygen atoms in total. The Kier molecular flexibility index (Phi) is 12.0. The van der Waals surface area contributed by atoms with Crippen molar-refractivity contribution < 1.29 is 23.9 Å². The van der Waals surface area contributed by atoms with E-state index in [1.54, 1.807) is 6.92 Å². The lowest BCUT2D eigenvalue weighted by molar-refractivity contribution is -0.140. The van der Waals surface area contributed by atoms with Crippen molar-refractivity contribution in [1.29, 1.82) is 0 Å². The molecule has 0 unspecified atom stereocenters. The molecule has 3 N–H and O–H groups in total. The first-order valence-corrected chi connectivity index (χ1v) is 14.2. The van der Waals surface area contributed by atoms with Crippen LogP contribution in [0.4, 0.5) is 10.5 Å². The Balaban J connectivity index is 1.46. The van der Waals surface area contributed by atoms with Gasteiger partial charge in [0, 0.05) is 25.3 Å². The average Bonchev–Trinajstić information content (AvgIpc) is 2.96. The standard InChI is InChI=1S/C31H42N4O5/c1-4-25(28(36)30(38)32-17-11-19-35-18-10-15-24-14-8-9-16-27(24)35)33-29(37)26(20-22(2)3)34-31(39)40-21-23-12-6-5-7-13-23/h5-9,12-14,16,22,25-26H,4,10-11,15,17-21H2,1-3H3,(H,32,38)(H,33,37)(H,34,39)/t25-,26-/m0/s1. The van der Waals surface area contributed by atoms with Gasteiger partial charge in [-0.1, -0.05) is 69.3 Å². The van der Waals surface area contributed by atoms with Crippen molar-refractivity contribution in [3.05, 3.63) is 65.7 Å². The highest BCUT2D eigenvalue weighted by molar-refractivity contribution is 6.38. The maximum absolute atomic E-state index is 13.1. The summed E-state index contributed by atoms with van der Waals surface area (Å²) in [4.78, 5) is 53.2. The Bertz CT molecular complexity index is 1140. The van der Waals surface area contributed by atoms with Crippen LogP contribution >= 0.6 is 0 Å². The first kappa shape index (κ1) is 30.7. The number of nitrogens with zero attached hydrogens (tertiary/aromatic N) is 1. The van der Waals surface area contributed by atoms with Crippen molar-refractivity contribution in [2.45, 2.75) is 71.6 Å². The SMILES string of the molecule is CC[C@H](NC(=O)[C@H](CC(C)C)NC(=O)OCc1ccccc1)C(=O)C(=O)NCCCN1CCCc2ccccc21. The maximum atomic E-state index is 13.1.